The summed E-state index contributed by atoms with van der Waals surface area (Å²) in [7, 11) is 0. The van der Waals surface area contributed by atoms with E-state index in [0.29, 0.717) is 11.4 Å². The number of hydrogen-bond donors (Lipinski definition) is 1. The third kappa shape index (κ3) is 4.04. The Balaban J connectivity index is 1.61. The third-order valence-corrected chi connectivity index (χ3v) is 4.07. The van der Waals surface area contributed by atoms with Crippen molar-refractivity contribution in [1.82, 2.24) is 14.8 Å². The number of nitrogens with one attached hydrogen (secondary N) is 1. The van der Waals surface area contributed by atoms with Gasteiger partial charge in [0.15, 0.2) is 5.82 Å². The fourth-order valence-corrected chi connectivity index (χ4v) is 2.64. The molecule has 0 bridgehead atoms. The van der Waals surface area contributed by atoms with Crippen molar-refractivity contribution in [2.24, 2.45) is 0 Å². The molecule has 116 valence electrons. The Kier molecular flexibility index (Phi) is 4.83. The summed E-state index contributed by atoms with van der Waals surface area (Å²) in [6.07, 6.45) is 6.28. The molecular weight excluding hydrogens is 356 g/mol. The van der Waals surface area contributed by atoms with Crippen LogP contribution in [0.25, 0.3) is 0 Å². The van der Waals surface area contributed by atoms with Crippen LogP contribution in [-0.2, 0) is 13.0 Å². The average molecular weight is 371 g/mol. The highest BCUT2D eigenvalue weighted by Crippen LogP contribution is 2.17. The molecule has 0 aliphatic carbocycles. The number of carbonyl (C=O) groups is 1. The van der Waals surface area contributed by atoms with E-state index in [-0.39, 0.29) is 5.91 Å². The van der Waals surface area contributed by atoms with Crippen molar-refractivity contribution in [3.63, 3.8) is 0 Å². The van der Waals surface area contributed by atoms with Gasteiger partial charge in [-0.05, 0) is 52.2 Å². The first-order chi connectivity index (χ1) is 11.2. The quantitative estimate of drug-likeness (QED) is 0.747. The Morgan fingerprint density at radius 2 is 1.91 bits per heavy atom. The Morgan fingerprint density at radius 3 is 2.70 bits per heavy atom. The fraction of sp³-hybridized carbons (Fsp3) is 0.118. The first-order valence-electron chi connectivity index (χ1n) is 7.20. The number of anilines is 1. The average Bonchev–Trinajstić information content (AvgIpc) is 3.02. The molecule has 0 saturated carbocycles. The van der Waals surface area contributed by atoms with E-state index < -0.39 is 0 Å². The molecule has 1 amide bonds. The highest BCUT2D eigenvalue weighted by atomic mass is 79.9. The third-order valence-electron chi connectivity index (χ3n) is 3.38. The number of carbonyl (C=O) groups excluding carboxylic acids is 1. The largest absolute Gasteiger partial charge is 0.305 e. The van der Waals surface area contributed by atoms with Gasteiger partial charge in [0.1, 0.15) is 0 Å². The maximum atomic E-state index is 12.2. The second kappa shape index (κ2) is 7.19. The molecule has 0 saturated heterocycles. The molecule has 0 unspecified atom stereocenters. The second-order valence-electron chi connectivity index (χ2n) is 5.00. The molecule has 1 aromatic carbocycles. The van der Waals surface area contributed by atoms with Crippen molar-refractivity contribution in [3.05, 3.63) is 76.7 Å². The maximum Gasteiger partial charge on any atom is 0.258 e. The zero-order chi connectivity index (χ0) is 16.1. The smallest absolute Gasteiger partial charge is 0.258 e. The topological polar surface area (TPSA) is 59.8 Å². The number of nitrogens with zero attached hydrogens (tertiary/aromatic N) is 3. The van der Waals surface area contributed by atoms with Crippen LogP contribution in [0.4, 0.5) is 5.82 Å². The Labute approximate surface area is 142 Å². The molecule has 5 nitrogen and oxygen atoms in total. The van der Waals surface area contributed by atoms with Crippen molar-refractivity contribution in [2.45, 2.75) is 13.0 Å². The lowest BCUT2D eigenvalue weighted by Crippen LogP contribution is -2.13. The van der Waals surface area contributed by atoms with E-state index in [9.17, 15) is 4.79 Å². The van der Waals surface area contributed by atoms with Crippen LogP contribution in [0.5, 0.6) is 0 Å². The van der Waals surface area contributed by atoms with Crippen LogP contribution in [-0.4, -0.2) is 20.7 Å². The first kappa shape index (κ1) is 15.4. The number of benzene rings is 1. The molecule has 0 spiro atoms. The predicted molar refractivity (Wildman–Crippen MR) is 92.3 cm³/mol. The number of halogens is 1. The van der Waals surface area contributed by atoms with Crippen LogP contribution in [0.2, 0.25) is 0 Å². The lowest BCUT2D eigenvalue weighted by atomic mass is 10.2. The number of aromatic nitrogens is 3. The molecule has 0 radical (unpaired) electrons. The minimum atomic E-state index is -0.183. The van der Waals surface area contributed by atoms with Gasteiger partial charge in [-0.15, -0.1) is 0 Å². The van der Waals surface area contributed by atoms with Gasteiger partial charge in [-0.25, -0.2) is 0 Å². The molecule has 23 heavy (non-hydrogen) atoms. The van der Waals surface area contributed by atoms with E-state index in [1.54, 1.807) is 24.5 Å². The number of pyridine rings is 1. The van der Waals surface area contributed by atoms with Crippen LogP contribution in [0.15, 0.2) is 65.5 Å². The summed E-state index contributed by atoms with van der Waals surface area (Å²) in [4.78, 5) is 16.2. The highest BCUT2D eigenvalue weighted by Gasteiger charge is 2.10. The summed E-state index contributed by atoms with van der Waals surface area (Å²) in [5, 5.41) is 7.18. The molecule has 3 aromatic rings. The molecule has 2 heterocycles. The van der Waals surface area contributed by atoms with Gasteiger partial charge >= 0.3 is 0 Å². The van der Waals surface area contributed by atoms with E-state index in [1.807, 2.05) is 41.2 Å². The van der Waals surface area contributed by atoms with Crippen molar-refractivity contribution >= 4 is 27.7 Å². The van der Waals surface area contributed by atoms with E-state index in [4.69, 9.17) is 0 Å². The zero-order valence-electron chi connectivity index (χ0n) is 12.3. The first-order valence-corrected chi connectivity index (χ1v) is 8.00. The Hall–Kier alpha value is -2.47. The number of rotatable bonds is 5. The monoisotopic (exact) mass is 370 g/mol. The predicted octanol–water partition coefficient (Wildman–Crippen LogP) is 3.54. The molecular formula is C17H15BrN4O. The molecule has 2 aromatic heterocycles. The van der Waals surface area contributed by atoms with Crippen molar-refractivity contribution < 1.29 is 4.79 Å². The van der Waals surface area contributed by atoms with Gasteiger partial charge in [-0.3, -0.25) is 14.5 Å². The SMILES string of the molecule is O=C(Nc1ccn(CCc2ccncc2)n1)c1ccccc1Br. The van der Waals surface area contributed by atoms with E-state index in [1.165, 1.54) is 5.56 Å². The van der Waals surface area contributed by atoms with Crippen molar-refractivity contribution in [1.29, 1.82) is 0 Å². The van der Waals surface area contributed by atoms with Crippen molar-refractivity contribution in [2.75, 3.05) is 5.32 Å². The summed E-state index contributed by atoms with van der Waals surface area (Å²) in [5.41, 5.74) is 1.79. The lowest BCUT2D eigenvalue weighted by Gasteiger charge is -2.04. The van der Waals surface area contributed by atoms with Gasteiger partial charge in [0.25, 0.3) is 5.91 Å². The van der Waals surface area contributed by atoms with E-state index >= 15 is 0 Å². The van der Waals surface area contributed by atoms with Gasteiger partial charge in [-0.1, -0.05) is 12.1 Å². The van der Waals surface area contributed by atoms with Crippen LogP contribution in [0.1, 0.15) is 15.9 Å². The molecule has 0 aliphatic rings. The Morgan fingerprint density at radius 1 is 1.13 bits per heavy atom. The molecule has 6 heteroatoms. The summed E-state index contributed by atoms with van der Waals surface area (Å²) in [6, 6.07) is 13.1. The van der Waals surface area contributed by atoms with Crippen molar-refractivity contribution in [3.8, 4) is 0 Å². The zero-order valence-corrected chi connectivity index (χ0v) is 13.9. The summed E-state index contributed by atoms with van der Waals surface area (Å²) in [6.45, 7) is 0.745. The van der Waals surface area contributed by atoms with Gasteiger partial charge in [-0.2, -0.15) is 5.10 Å². The van der Waals surface area contributed by atoms with Gasteiger partial charge in [0, 0.05) is 35.7 Å². The normalized spacial score (nSPS) is 10.5. The van der Waals surface area contributed by atoms with Gasteiger partial charge in [0.05, 0.1) is 5.56 Å². The van der Waals surface area contributed by atoms with E-state index in [2.05, 4.69) is 31.3 Å². The number of hydrogen-bond acceptors (Lipinski definition) is 3. The number of aryl methyl sites for hydroxylation is 2. The van der Waals surface area contributed by atoms with Crippen LogP contribution in [0.3, 0.4) is 0 Å². The standard InChI is InChI=1S/C17H15BrN4O/c18-15-4-2-1-3-14(15)17(23)20-16-8-12-22(21-16)11-7-13-5-9-19-10-6-13/h1-6,8-10,12H,7,11H2,(H,20,21,23). The summed E-state index contributed by atoms with van der Waals surface area (Å²) < 4.78 is 2.57. The Bertz CT molecular complexity index is 801. The van der Waals surface area contributed by atoms with Crippen LogP contribution in [0, 0.1) is 0 Å². The summed E-state index contributed by atoms with van der Waals surface area (Å²) >= 11 is 3.37. The molecule has 0 aliphatic heterocycles. The minimum Gasteiger partial charge on any atom is -0.305 e. The lowest BCUT2D eigenvalue weighted by molar-refractivity contribution is 0.102. The second-order valence-corrected chi connectivity index (χ2v) is 5.86. The summed E-state index contributed by atoms with van der Waals surface area (Å²) in [5.74, 6) is 0.359. The van der Waals surface area contributed by atoms with Gasteiger partial charge < -0.3 is 5.32 Å². The van der Waals surface area contributed by atoms with E-state index in [0.717, 1.165) is 17.4 Å². The molecule has 0 fully saturated rings. The highest BCUT2D eigenvalue weighted by molar-refractivity contribution is 9.10. The minimum absolute atomic E-state index is 0.183. The van der Waals surface area contributed by atoms with Crippen LogP contribution >= 0.6 is 15.9 Å². The number of amides is 1. The maximum absolute atomic E-state index is 12.2. The van der Waals surface area contributed by atoms with Gasteiger partial charge in [0.2, 0.25) is 0 Å². The molecule has 0 atom stereocenters. The van der Waals surface area contributed by atoms with Crippen LogP contribution < -0.4 is 5.32 Å². The molecule has 3 rings (SSSR count). The fourth-order valence-electron chi connectivity index (χ4n) is 2.17. The molecule has 1 N–H and O–H groups in total.